The number of carbonyl (C=O) groups is 1. The van der Waals surface area contributed by atoms with Crippen molar-refractivity contribution in [1.82, 2.24) is 20.0 Å². The number of anilines is 1. The van der Waals surface area contributed by atoms with Gasteiger partial charge in [-0.2, -0.15) is 4.98 Å². The maximum Gasteiger partial charge on any atom is 0.405 e. The van der Waals surface area contributed by atoms with Gasteiger partial charge in [0.05, 0.1) is 6.61 Å². The number of thioether (sulfide) groups is 1. The molecule has 46 heavy (non-hydrogen) atoms. The lowest BCUT2D eigenvalue weighted by Crippen LogP contribution is -2.31. The number of nitrogens with zero attached hydrogens (tertiary/aromatic N) is 2. The third-order valence-electron chi connectivity index (χ3n) is 6.40. The van der Waals surface area contributed by atoms with Gasteiger partial charge in [-0.25, -0.2) is 14.4 Å². The monoisotopic (exact) mass is 675 g/mol. The van der Waals surface area contributed by atoms with Crippen molar-refractivity contribution in [2.75, 3.05) is 38.3 Å². The van der Waals surface area contributed by atoms with E-state index in [1.165, 1.54) is 35.7 Å². The molecule has 1 aliphatic rings. The first-order chi connectivity index (χ1) is 22.4. The Morgan fingerprint density at radius 2 is 1.61 bits per heavy atom. The summed E-state index contributed by atoms with van der Waals surface area (Å²) >= 11 is 1.42. The molecule has 13 heteroatoms. The van der Waals surface area contributed by atoms with Crippen LogP contribution in [-0.4, -0.2) is 53.5 Å². The number of amides is 1. The number of rotatable bonds is 23. The molecule has 2 rings (SSSR count). The number of ether oxygens (including phenoxy) is 1. The number of nitrogens with one attached hydrogen (secondary N) is 2. The van der Waals surface area contributed by atoms with Gasteiger partial charge in [0, 0.05) is 38.6 Å². The summed E-state index contributed by atoms with van der Waals surface area (Å²) in [5.41, 5.74) is 4.58. The fraction of sp³-hybridized carbons (Fsp3) is 0.485. The van der Waals surface area contributed by atoms with Crippen molar-refractivity contribution in [3.8, 4) is 0 Å². The van der Waals surface area contributed by atoms with Crippen LogP contribution in [0.5, 0.6) is 0 Å². The average Bonchev–Trinajstić information content (AvgIpc) is 3.52. The Morgan fingerprint density at radius 1 is 1.02 bits per heavy atom. The highest BCUT2D eigenvalue weighted by Gasteiger charge is 2.31. The number of aromatic nitrogens is 2. The summed E-state index contributed by atoms with van der Waals surface area (Å²) in [6, 6.07) is 1.52. The summed E-state index contributed by atoms with van der Waals surface area (Å²) in [4.78, 5) is 27.8. The summed E-state index contributed by atoms with van der Waals surface area (Å²) in [5, 5.41) is 5.52. The van der Waals surface area contributed by atoms with Crippen LogP contribution in [0, 0.1) is 0 Å². The zero-order chi connectivity index (χ0) is 33.3. The van der Waals surface area contributed by atoms with Gasteiger partial charge < -0.3 is 20.3 Å². The van der Waals surface area contributed by atoms with Crippen molar-refractivity contribution < 1.29 is 23.1 Å². The van der Waals surface area contributed by atoms with Crippen molar-refractivity contribution in [2.24, 2.45) is 0 Å². The first-order valence-electron chi connectivity index (χ1n) is 15.7. The minimum Gasteiger partial charge on any atom is -0.383 e. The SMILES string of the molecule is CCC=CCC=CCC=CCC=CCC=CCC=CCCC(=O)NCCNP(=O)(OC)OCC1OC(n2ccc(N)nc2=O)CS1. The molecule has 0 radical (unpaired) electrons. The van der Waals surface area contributed by atoms with E-state index in [0.29, 0.717) is 18.6 Å². The molecular formula is C33H50N5O6PS. The van der Waals surface area contributed by atoms with Crippen LogP contribution in [-0.2, 0) is 23.1 Å². The summed E-state index contributed by atoms with van der Waals surface area (Å²) in [6.45, 7) is 2.59. The largest absolute Gasteiger partial charge is 0.405 e. The minimum absolute atomic E-state index is 0.0191. The second-order valence-corrected chi connectivity index (χ2v) is 13.2. The summed E-state index contributed by atoms with van der Waals surface area (Å²) in [5.74, 6) is 0.540. The first-order valence-corrected chi connectivity index (χ1v) is 18.3. The van der Waals surface area contributed by atoms with E-state index < -0.39 is 25.1 Å². The second-order valence-electron chi connectivity index (χ2n) is 10.1. The number of nitrogens with two attached hydrogens (primary N) is 1. The molecule has 1 amide bonds. The maximum atomic E-state index is 12.9. The van der Waals surface area contributed by atoms with Gasteiger partial charge in [-0.3, -0.25) is 13.9 Å². The summed E-state index contributed by atoms with van der Waals surface area (Å²) in [7, 11) is -2.32. The molecule has 0 spiro atoms. The third-order valence-corrected chi connectivity index (χ3v) is 9.08. The second kappa shape index (κ2) is 24.2. The third kappa shape index (κ3) is 17.6. The van der Waals surface area contributed by atoms with Gasteiger partial charge in [0.2, 0.25) is 5.91 Å². The Bertz CT molecular complexity index is 1310. The van der Waals surface area contributed by atoms with Crippen LogP contribution >= 0.6 is 19.5 Å². The Balaban J connectivity index is 1.49. The van der Waals surface area contributed by atoms with Crippen LogP contribution in [0.4, 0.5) is 5.82 Å². The quantitative estimate of drug-likeness (QED) is 0.0680. The lowest BCUT2D eigenvalue weighted by Gasteiger charge is -2.20. The van der Waals surface area contributed by atoms with Gasteiger partial charge in [-0.05, 0) is 51.0 Å². The van der Waals surface area contributed by atoms with Gasteiger partial charge in [0.15, 0.2) is 0 Å². The molecular weight excluding hydrogens is 625 g/mol. The number of allylic oxidation sites excluding steroid dienone is 12. The van der Waals surface area contributed by atoms with Gasteiger partial charge in [0.25, 0.3) is 0 Å². The highest BCUT2D eigenvalue weighted by Crippen LogP contribution is 2.44. The molecule has 1 aliphatic heterocycles. The van der Waals surface area contributed by atoms with Gasteiger partial charge in [-0.15, -0.1) is 11.8 Å². The molecule has 254 valence electrons. The van der Waals surface area contributed by atoms with E-state index in [2.05, 4.69) is 89.1 Å². The van der Waals surface area contributed by atoms with Crippen LogP contribution in [0.15, 0.2) is 90.0 Å². The normalized spacial score (nSPS) is 18.7. The molecule has 0 bridgehead atoms. The molecule has 0 aromatic carbocycles. The minimum atomic E-state index is -3.60. The topological polar surface area (TPSA) is 147 Å². The van der Waals surface area contributed by atoms with Crippen LogP contribution in [0.3, 0.4) is 0 Å². The van der Waals surface area contributed by atoms with E-state index in [4.69, 9.17) is 19.5 Å². The summed E-state index contributed by atoms with van der Waals surface area (Å²) in [6.07, 6.45) is 33.5. The molecule has 1 aromatic heterocycles. The Labute approximate surface area is 277 Å². The van der Waals surface area contributed by atoms with Crippen molar-refractivity contribution in [3.63, 3.8) is 0 Å². The number of carbonyl (C=O) groups excluding carboxylic acids is 1. The van der Waals surface area contributed by atoms with E-state index in [9.17, 15) is 14.2 Å². The highest BCUT2D eigenvalue weighted by molar-refractivity contribution is 8.00. The Morgan fingerprint density at radius 3 is 2.17 bits per heavy atom. The molecule has 0 saturated carbocycles. The molecule has 11 nitrogen and oxygen atoms in total. The summed E-state index contributed by atoms with van der Waals surface area (Å²) < 4.78 is 30.6. The van der Waals surface area contributed by atoms with Gasteiger partial charge >= 0.3 is 13.4 Å². The molecule has 1 aromatic rings. The van der Waals surface area contributed by atoms with Crippen molar-refractivity contribution >= 4 is 31.2 Å². The fourth-order valence-corrected chi connectivity index (χ4v) is 6.11. The van der Waals surface area contributed by atoms with E-state index in [1.807, 2.05) is 6.08 Å². The maximum absolute atomic E-state index is 12.9. The molecule has 1 fully saturated rings. The smallest absolute Gasteiger partial charge is 0.383 e. The molecule has 4 N–H and O–H groups in total. The average molecular weight is 676 g/mol. The molecule has 3 atom stereocenters. The van der Waals surface area contributed by atoms with Crippen LogP contribution in [0.2, 0.25) is 0 Å². The predicted molar refractivity (Wildman–Crippen MR) is 188 cm³/mol. The Hall–Kier alpha value is -2.99. The van der Waals surface area contributed by atoms with Crippen molar-refractivity contribution in [2.45, 2.75) is 70.0 Å². The van der Waals surface area contributed by atoms with E-state index in [-0.39, 0.29) is 31.4 Å². The van der Waals surface area contributed by atoms with E-state index in [0.717, 1.165) is 38.5 Å². The van der Waals surface area contributed by atoms with Crippen LogP contribution in [0.1, 0.15) is 64.5 Å². The zero-order valence-electron chi connectivity index (χ0n) is 27.0. The standard InChI is InChI=1S/C33H50N5O6PS/c1-3-4-5-6-7-8-9-10-11-12-13-14-15-16-17-18-19-20-21-22-30(39)35-24-25-36-45(41,42-2)43-27-32-44-31(28-46-32)38-26-23-29(34)37-33(38)40/h4-5,7-8,10-11,13-14,16-17,19-20,23,26,31-32H,3,6,9,12,15,18,21-22,24-25,27-28H2,1-2H3,(H,35,39)(H,36,41)(H2,34,37,40). The van der Waals surface area contributed by atoms with Crippen LogP contribution in [0.25, 0.3) is 0 Å². The fourth-order valence-electron chi connectivity index (χ4n) is 3.98. The van der Waals surface area contributed by atoms with Gasteiger partial charge in [0.1, 0.15) is 17.5 Å². The number of hydrogen-bond donors (Lipinski definition) is 3. The lowest BCUT2D eigenvalue weighted by molar-refractivity contribution is -0.120. The highest BCUT2D eigenvalue weighted by atomic mass is 32.2. The molecule has 3 unspecified atom stereocenters. The van der Waals surface area contributed by atoms with Crippen molar-refractivity contribution in [1.29, 1.82) is 0 Å². The van der Waals surface area contributed by atoms with Gasteiger partial charge in [-0.1, -0.05) is 79.8 Å². The molecule has 2 heterocycles. The molecule has 0 aliphatic carbocycles. The Kier molecular flexibility index (Phi) is 20.6. The molecule has 1 saturated heterocycles. The predicted octanol–water partition coefficient (Wildman–Crippen LogP) is 6.37. The number of hydrogen-bond acceptors (Lipinski definition) is 9. The number of nitrogen functional groups attached to an aromatic ring is 1. The van der Waals surface area contributed by atoms with Crippen LogP contribution < -0.4 is 21.8 Å². The van der Waals surface area contributed by atoms with E-state index in [1.54, 1.807) is 0 Å². The van der Waals surface area contributed by atoms with E-state index >= 15 is 0 Å². The zero-order valence-corrected chi connectivity index (χ0v) is 28.7. The first kappa shape index (κ1) is 39.2. The van der Waals surface area contributed by atoms with Crippen molar-refractivity contribution in [3.05, 3.63) is 95.7 Å². The lowest BCUT2D eigenvalue weighted by atomic mass is 10.2.